The van der Waals surface area contributed by atoms with Crippen molar-refractivity contribution in [1.29, 1.82) is 5.26 Å². The number of carbonyl (C=O) groups excluding carboxylic acids is 1. The lowest BCUT2D eigenvalue weighted by atomic mass is 9.97. The number of ether oxygens (including phenoxy) is 1. The highest BCUT2D eigenvalue weighted by atomic mass is 35.5. The van der Waals surface area contributed by atoms with E-state index in [1.165, 1.54) is 6.07 Å². The number of halogens is 1. The molecular weight excluding hydrogens is 288 g/mol. The van der Waals surface area contributed by atoms with Crippen molar-refractivity contribution in [2.45, 2.75) is 45.2 Å². The van der Waals surface area contributed by atoms with Gasteiger partial charge in [-0.2, -0.15) is 5.26 Å². The summed E-state index contributed by atoms with van der Waals surface area (Å²) in [5.41, 5.74) is 0.469. The van der Waals surface area contributed by atoms with Gasteiger partial charge < -0.3 is 9.64 Å². The molecule has 2 rings (SSSR count). The van der Waals surface area contributed by atoms with Crippen molar-refractivity contribution in [2.24, 2.45) is 0 Å². The number of hydrogen-bond donors (Lipinski definition) is 0. The van der Waals surface area contributed by atoms with Crippen LogP contribution in [0.25, 0.3) is 0 Å². The lowest BCUT2D eigenvalue weighted by Gasteiger charge is -2.39. The van der Waals surface area contributed by atoms with E-state index in [-0.39, 0.29) is 24.6 Å². The van der Waals surface area contributed by atoms with Crippen LogP contribution in [0.2, 0.25) is 5.02 Å². The van der Waals surface area contributed by atoms with Crippen molar-refractivity contribution in [2.75, 3.05) is 6.61 Å². The maximum atomic E-state index is 12.3. The van der Waals surface area contributed by atoms with Crippen LogP contribution < -0.4 is 4.74 Å². The van der Waals surface area contributed by atoms with Crippen molar-refractivity contribution >= 4 is 17.5 Å². The Morgan fingerprint density at radius 2 is 2.10 bits per heavy atom. The molecule has 0 unspecified atom stereocenters. The summed E-state index contributed by atoms with van der Waals surface area (Å²) in [5.74, 6) is 0.413. The monoisotopic (exact) mass is 306 g/mol. The predicted octanol–water partition coefficient (Wildman–Crippen LogP) is 3.38. The standard InChI is InChI=1S/C16H19ClN2O2/c1-11-4-3-5-12(2)19(11)16(20)10-21-15-7-6-13(9-18)8-14(15)17/h6-8,11-12H,3-5,10H2,1-2H3/t11-,12+. The summed E-state index contributed by atoms with van der Waals surface area (Å²) in [6, 6.07) is 7.29. The van der Waals surface area contributed by atoms with Gasteiger partial charge in [-0.1, -0.05) is 11.6 Å². The average Bonchev–Trinajstić information content (AvgIpc) is 2.45. The number of likely N-dealkylation sites (tertiary alicyclic amines) is 1. The normalized spacial score (nSPS) is 21.7. The average molecular weight is 307 g/mol. The molecule has 1 aliphatic rings. The molecule has 0 aliphatic carbocycles. The van der Waals surface area contributed by atoms with Crippen LogP contribution in [0.1, 0.15) is 38.7 Å². The van der Waals surface area contributed by atoms with E-state index >= 15 is 0 Å². The van der Waals surface area contributed by atoms with E-state index in [1.54, 1.807) is 12.1 Å². The first kappa shape index (κ1) is 15.7. The number of nitrogens with zero attached hydrogens (tertiary/aromatic N) is 2. The van der Waals surface area contributed by atoms with Gasteiger partial charge in [0.2, 0.25) is 0 Å². The zero-order valence-corrected chi connectivity index (χ0v) is 13.1. The Morgan fingerprint density at radius 3 is 2.67 bits per heavy atom. The van der Waals surface area contributed by atoms with Gasteiger partial charge in [0.1, 0.15) is 5.75 Å². The van der Waals surface area contributed by atoms with Crippen LogP contribution in [0.3, 0.4) is 0 Å². The summed E-state index contributed by atoms with van der Waals surface area (Å²) in [7, 11) is 0. The third kappa shape index (κ3) is 3.68. The molecule has 1 aromatic carbocycles. The molecule has 1 heterocycles. The maximum Gasteiger partial charge on any atom is 0.260 e. The summed E-state index contributed by atoms with van der Waals surface area (Å²) in [6.45, 7) is 4.12. The number of rotatable bonds is 3. The summed E-state index contributed by atoms with van der Waals surface area (Å²) < 4.78 is 5.52. The van der Waals surface area contributed by atoms with E-state index in [0.717, 1.165) is 19.3 Å². The molecule has 21 heavy (non-hydrogen) atoms. The van der Waals surface area contributed by atoms with E-state index in [4.69, 9.17) is 21.6 Å². The highest BCUT2D eigenvalue weighted by Gasteiger charge is 2.29. The smallest absolute Gasteiger partial charge is 0.260 e. The van der Waals surface area contributed by atoms with Gasteiger partial charge in [-0.3, -0.25) is 4.79 Å². The van der Waals surface area contributed by atoms with Crippen LogP contribution in [0.5, 0.6) is 5.75 Å². The number of benzene rings is 1. The van der Waals surface area contributed by atoms with Crippen LogP contribution in [0.15, 0.2) is 18.2 Å². The molecule has 2 atom stereocenters. The lowest BCUT2D eigenvalue weighted by molar-refractivity contribution is -0.139. The number of piperidine rings is 1. The van der Waals surface area contributed by atoms with Crippen LogP contribution >= 0.6 is 11.6 Å². The van der Waals surface area contributed by atoms with Gasteiger partial charge in [-0.25, -0.2) is 0 Å². The van der Waals surface area contributed by atoms with Crippen molar-refractivity contribution in [3.05, 3.63) is 28.8 Å². The fourth-order valence-electron chi connectivity index (χ4n) is 2.81. The third-order valence-corrected chi connectivity index (χ3v) is 4.19. The molecule has 112 valence electrons. The Labute approximate surface area is 130 Å². The summed E-state index contributed by atoms with van der Waals surface area (Å²) >= 11 is 6.03. The molecule has 0 aromatic heterocycles. The second-order valence-electron chi connectivity index (χ2n) is 5.48. The van der Waals surface area contributed by atoms with Gasteiger partial charge in [-0.15, -0.1) is 0 Å². The molecule has 1 saturated heterocycles. The molecule has 0 N–H and O–H groups in total. The molecule has 0 saturated carbocycles. The Kier molecular flexibility index (Phi) is 5.08. The van der Waals surface area contributed by atoms with Gasteiger partial charge in [0.15, 0.2) is 6.61 Å². The molecule has 0 radical (unpaired) electrons. The first-order chi connectivity index (χ1) is 10.0. The molecule has 1 aromatic rings. The Bertz CT molecular complexity index is 558. The molecule has 0 spiro atoms. The minimum atomic E-state index is -0.0275. The number of amides is 1. The molecule has 4 nitrogen and oxygen atoms in total. The van der Waals surface area contributed by atoms with Crippen LogP contribution in [0, 0.1) is 11.3 Å². The second-order valence-corrected chi connectivity index (χ2v) is 5.88. The molecule has 0 bridgehead atoms. The quantitative estimate of drug-likeness (QED) is 0.860. The van der Waals surface area contributed by atoms with E-state index in [0.29, 0.717) is 16.3 Å². The van der Waals surface area contributed by atoms with Crippen molar-refractivity contribution < 1.29 is 9.53 Å². The van der Waals surface area contributed by atoms with Crippen molar-refractivity contribution in [3.63, 3.8) is 0 Å². The van der Waals surface area contributed by atoms with Crippen LogP contribution in [-0.4, -0.2) is 29.5 Å². The van der Waals surface area contributed by atoms with Crippen molar-refractivity contribution in [3.8, 4) is 11.8 Å². The van der Waals surface area contributed by atoms with E-state index in [2.05, 4.69) is 13.8 Å². The maximum absolute atomic E-state index is 12.3. The lowest BCUT2D eigenvalue weighted by Crippen LogP contribution is -2.49. The minimum Gasteiger partial charge on any atom is -0.482 e. The summed E-state index contributed by atoms with van der Waals surface area (Å²) in [6.07, 6.45) is 3.23. The molecular formula is C16H19ClN2O2. The first-order valence-electron chi connectivity index (χ1n) is 7.16. The second kappa shape index (κ2) is 6.82. The SMILES string of the molecule is C[C@@H]1CCC[C@H](C)N1C(=O)COc1ccc(C#N)cc1Cl. The number of hydrogen-bond acceptors (Lipinski definition) is 3. The van der Waals surface area contributed by atoms with E-state index in [9.17, 15) is 4.79 Å². The van der Waals surface area contributed by atoms with E-state index < -0.39 is 0 Å². The molecule has 1 amide bonds. The first-order valence-corrected chi connectivity index (χ1v) is 7.54. The van der Waals surface area contributed by atoms with Gasteiger partial charge in [0, 0.05) is 12.1 Å². The Balaban J connectivity index is 1.99. The van der Waals surface area contributed by atoms with Gasteiger partial charge >= 0.3 is 0 Å². The number of carbonyl (C=O) groups is 1. The molecule has 1 aliphatic heterocycles. The van der Waals surface area contributed by atoms with Crippen LogP contribution in [0.4, 0.5) is 0 Å². The molecule has 5 heteroatoms. The van der Waals surface area contributed by atoms with Gasteiger partial charge in [0.25, 0.3) is 5.91 Å². The zero-order chi connectivity index (χ0) is 15.4. The number of nitriles is 1. The van der Waals surface area contributed by atoms with E-state index in [1.807, 2.05) is 11.0 Å². The Morgan fingerprint density at radius 1 is 1.43 bits per heavy atom. The zero-order valence-electron chi connectivity index (χ0n) is 12.3. The summed E-state index contributed by atoms with van der Waals surface area (Å²) in [5, 5.41) is 9.14. The molecule has 1 fully saturated rings. The Hall–Kier alpha value is -1.73. The third-order valence-electron chi connectivity index (χ3n) is 3.89. The van der Waals surface area contributed by atoms with Gasteiger partial charge in [0.05, 0.1) is 16.7 Å². The largest absolute Gasteiger partial charge is 0.482 e. The predicted molar refractivity (Wildman–Crippen MR) is 81.3 cm³/mol. The summed E-state index contributed by atoms with van der Waals surface area (Å²) in [4.78, 5) is 14.2. The highest BCUT2D eigenvalue weighted by molar-refractivity contribution is 6.32. The fraction of sp³-hybridized carbons (Fsp3) is 0.500. The van der Waals surface area contributed by atoms with Crippen molar-refractivity contribution in [1.82, 2.24) is 4.90 Å². The van der Waals surface area contributed by atoms with Crippen LogP contribution in [-0.2, 0) is 4.79 Å². The topological polar surface area (TPSA) is 53.3 Å². The van der Waals surface area contributed by atoms with Gasteiger partial charge in [-0.05, 0) is 51.3 Å². The highest BCUT2D eigenvalue weighted by Crippen LogP contribution is 2.26. The fourth-order valence-corrected chi connectivity index (χ4v) is 3.05. The minimum absolute atomic E-state index is 0.0184.